The summed E-state index contributed by atoms with van der Waals surface area (Å²) >= 11 is 2.45. The highest BCUT2D eigenvalue weighted by Crippen LogP contribution is 2.12. The van der Waals surface area contributed by atoms with Crippen LogP contribution in [0.5, 0.6) is 0 Å². The van der Waals surface area contributed by atoms with Gasteiger partial charge < -0.3 is 25.5 Å². The van der Waals surface area contributed by atoms with Gasteiger partial charge in [0.15, 0.2) is 5.62 Å². The Labute approximate surface area is 223 Å². The Morgan fingerprint density at radius 3 is 2.33 bits per heavy atom. The van der Waals surface area contributed by atoms with Crippen LogP contribution in [0.1, 0.15) is 12.5 Å². The maximum atomic E-state index is 12.6. The first-order chi connectivity index (χ1) is 17.6. The average molecular weight is 540 g/mol. The summed E-state index contributed by atoms with van der Waals surface area (Å²) in [6, 6.07) is 8.09. The minimum atomic E-state index is -0.0390. The molecule has 1 unspecified atom stereocenters. The minimum Gasteiger partial charge on any atom is -0.388 e. The van der Waals surface area contributed by atoms with Crippen LogP contribution in [0, 0.1) is 0 Å². The zero-order chi connectivity index (χ0) is 26.4. The first-order valence-corrected chi connectivity index (χ1v) is 14.3. The molecule has 0 heterocycles. The number of carbonyl (C=O) groups is 4. The van der Waals surface area contributed by atoms with Gasteiger partial charge in [0, 0.05) is 63.0 Å². The summed E-state index contributed by atoms with van der Waals surface area (Å²) < 4.78 is 0. The van der Waals surface area contributed by atoms with Gasteiger partial charge in [-0.3, -0.25) is 19.4 Å². The number of carbonyl (C=O) groups excluding carboxylic acids is 4. The first-order valence-electron chi connectivity index (χ1n) is 12.3. The van der Waals surface area contributed by atoms with Crippen LogP contribution in [0.4, 0.5) is 5.69 Å². The molecule has 202 valence electrons. The second-order valence-electron chi connectivity index (χ2n) is 8.16. The average Bonchev–Trinajstić information content (AvgIpc) is 2.88. The molecule has 1 rings (SSSR count). The van der Waals surface area contributed by atoms with Crippen LogP contribution in [-0.2, 0) is 25.6 Å². The fourth-order valence-electron chi connectivity index (χ4n) is 3.58. The van der Waals surface area contributed by atoms with E-state index in [-0.39, 0.29) is 24.2 Å². The number of thioether (sulfide) groups is 2. The fraction of sp³-hybridized carbons (Fsp3) is 0.600. The van der Waals surface area contributed by atoms with Crippen LogP contribution in [0.15, 0.2) is 24.3 Å². The van der Waals surface area contributed by atoms with Crippen LogP contribution in [0.2, 0.25) is 0 Å². The number of hydrogen-bond acceptors (Lipinski definition) is 11. The monoisotopic (exact) mass is 539 g/mol. The lowest BCUT2D eigenvalue weighted by molar-refractivity contribution is -0.111. The zero-order valence-electron chi connectivity index (χ0n) is 21.4. The van der Waals surface area contributed by atoms with Gasteiger partial charge in [0.1, 0.15) is 12.6 Å². The molecule has 0 amide bonds. The Morgan fingerprint density at radius 1 is 1.00 bits per heavy atom. The second-order valence-corrected chi connectivity index (χ2v) is 10.2. The molecular formula is C25H41N5O4S2. The predicted octanol–water partition coefficient (Wildman–Crippen LogP) is 1.02. The summed E-state index contributed by atoms with van der Waals surface area (Å²) in [6.07, 6.45) is 2.47. The van der Waals surface area contributed by atoms with Crippen molar-refractivity contribution in [1.82, 2.24) is 20.4 Å². The van der Waals surface area contributed by atoms with E-state index < -0.39 is 0 Å². The lowest BCUT2D eigenvalue weighted by atomic mass is 10.0. The van der Waals surface area contributed by atoms with Crippen molar-refractivity contribution in [2.75, 3.05) is 82.8 Å². The molecule has 0 aromatic heterocycles. The molecule has 0 aliphatic rings. The second kappa shape index (κ2) is 21.3. The molecule has 0 fully saturated rings. The van der Waals surface area contributed by atoms with Crippen molar-refractivity contribution in [2.45, 2.75) is 19.4 Å². The fourth-order valence-corrected chi connectivity index (χ4v) is 4.80. The maximum Gasteiger partial charge on any atom is 0.202 e. The molecule has 0 aliphatic carbocycles. The Kier molecular flexibility index (Phi) is 19.1. The molecule has 1 aromatic rings. The van der Waals surface area contributed by atoms with Gasteiger partial charge in [-0.1, -0.05) is 42.6 Å². The highest BCUT2D eigenvalue weighted by atomic mass is 32.2. The molecule has 1 aromatic carbocycles. The number of rotatable bonds is 23. The number of benzene rings is 1. The van der Waals surface area contributed by atoms with E-state index >= 15 is 0 Å². The standard InChI is InChI=1S/C25H41N5O4S2/c1-3-27-8-9-29(10-14-31)13-17-36-25(34)19-28-24(18-22-4-6-23(26-2)7-5-22)20-30(11-15-32)12-16-35-21-33/h4-7,14-15,21,24,26-28H,3,8-13,16-20H2,1-2H3. The van der Waals surface area contributed by atoms with Crippen molar-refractivity contribution in [1.29, 1.82) is 0 Å². The van der Waals surface area contributed by atoms with E-state index in [4.69, 9.17) is 0 Å². The van der Waals surface area contributed by atoms with Gasteiger partial charge in [-0.2, -0.15) is 0 Å². The maximum absolute atomic E-state index is 12.6. The number of aldehydes is 2. The van der Waals surface area contributed by atoms with E-state index in [2.05, 4.69) is 28.1 Å². The van der Waals surface area contributed by atoms with Crippen molar-refractivity contribution < 1.29 is 19.2 Å². The molecule has 11 heteroatoms. The van der Waals surface area contributed by atoms with Gasteiger partial charge in [-0.25, -0.2) is 0 Å². The highest BCUT2D eigenvalue weighted by Gasteiger charge is 2.17. The molecular weight excluding hydrogens is 498 g/mol. The van der Waals surface area contributed by atoms with E-state index in [0.717, 1.165) is 49.1 Å². The van der Waals surface area contributed by atoms with Crippen LogP contribution in [0.25, 0.3) is 0 Å². The van der Waals surface area contributed by atoms with Crippen LogP contribution >= 0.6 is 23.5 Å². The smallest absolute Gasteiger partial charge is 0.202 e. The third-order valence-electron chi connectivity index (χ3n) is 5.52. The summed E-state index contributed by atoms with van der Waals surface area (Å²) in [5.41, 5.74) is 2.97. The quantitative estimate of drug-likeness (QED) is 0.137. The first kappa shape index (κ1) is 32.3. The van der Waals surface area contributed by atoms with Crippen LogP contribution < -0.4 is 16.0 Å². The predicted molar refractivity (Wildman–Crippen MR) is 152 cm³/mol. The van der Waals surface area contributed by atoms with Crippen molar-refractivity contribution in [3.8, 4) is 0 Å². The molecule has 0 spiro atoms. The van der Waals surface area contributed by atoms with Gasteiger partial charge >= 0.3 is 0 Å². The molecule has 0 aliphatic heterocycles. The molecule has 3 N–H and O–H groups in total. The largest absolute Gasteiger partial charge is 0.388 e. The number of anilines is 1. The van der Waals surface area contributed by atoms with E-state index in [1.165, 1.54) is 23.5 Å². The molecule has 9 nitrogen and oxygen atoms in total. The van der Waals surface area contributed by atoms with Crippen LogP contribution in [-0.4, -0.2) is 117 Å². The van der Waals surface area contributed by atoms with Crippen molar-refractivity contribution >= 4 is 52.5 Å². The molecule has 1 atom stereocenters. The molecule has 36 heavy (non-hydrogen) atoms. The van der Waals surface area contributed by atoms with Crippen molar-refractivity contribution in [3.63, 3.8) is 0 Å². The van der Waals surface area contributed by atoms with Gasteiger partial charge in [-0.15, -0.1) is 0 Å². The van der Waals surface area contributed by atoms with Gasteiger partial charge in [0.2, 0.25) is 5.12 Å². The Bertz CT molecular complexity index is 754. The molecule has 0 saturated heterocycles. The number of hydrogen-bond donors (Lipinski definition) is 3. The summed E-state index contributed by atoms with van der Waals surface area (Å²) in [5.74, 6) is 1.23. The lowest BCUT2D eigenvalue weighted by Gasteiger charge is -2.26. The molecule has 0 saturated carbocycles. The number of nitrogens with zero attached hydrogens (tertiary/aromatic N) is 2. The topological polar surface area (TPSA) is 111 Å². The zero-order valence-corrected chi connectivity index (χ0v) is 23.1. The van der Waals surface area contributed by atoms with Crippen LogP contribution in [0.3, 0.4) is 0 Å². The summed E-state index contributed by atoms with van der Waals surface area (Å²) in [5, 5.41) is 9.78. The Morgan fingerprint density at radius 2 is 1.69 bits per heavy atom. The van der Waals surface area contributed by atoms with E-state index in [1.807, 2.05) is 35.9 Å². The SMILES string of the molecule is CCNCCN(CC=O)CCSC(=O)CNC(Cc1ccc(NC)cc1)CN(CC=O)CCSC=O. The number of nitrogens with one attached hydrogen (secondary N) is 3. The Hall–Kier alpha value is -1.76. The van der Waals surface area contributed by atoms with Gasteiger partial charge in [0.25, 0.3) is 0 Å². The van der Waals surface area contributed by atoms with Crippen molar-refractivity contribution in [2.24, 2.45) is 0 Å². The third-order valence-corrected chi connectivity index (χ3v) is 6.93. The van der Waals surface area contributed by atoms with E-state index in [1.54, 1.807) is 0 Å². The van der Waals surface area contributed by atoms with Gasteiger partial charge in [-0.05, 0) is 30.7 Å². The number of likely N-dealkylation sites (N-methyl/N-ethyl adjacent to an activating group) is 1. The Balaban J connectivity index is 2.65. The minimum absolute atomic E-state index is 0.0390. The van der Waals surface area contributed by atoms with E-state index in [9.17, 15) is 19.2 Å². The van der Waals surface area contributed by atoms with Crippen molar-refractivity contribution in [3.05, 3.63) is 29.8 Å². The summed E-state index contributed by atoms with van der Waals surface area (Å²) in [7, 11) is 1.87. The lowest BCUT2D eigenvalue weighted by Crippen LogP contribution is -2.45. The molecule has 0 bridgehead atoms. The van der Waals surface area contributed by atoms with Gasteiger partial charge in [0.05, 0.1) is 19.6 Å². The third kappa shape index (κ3) is 15.4. The summed E-state index contributed by atoms with van der Waals surface area (Å²) in [6.45, 7) is 7.22. The highest BCUT2D eigenvalue weighted by molar-refractivity contribution is 8.13. The van der Waals surface area contributed by atoms with E-state index in [0.29, 0.717) is 44.1 Å². The molecule has 0 radical (unpaired) electrons. The summed E-state index contributed by atoms with van der Waals surface area (Å²) in [4.78, 5) is 49.4. The normalized spacial score (nSPS) is 12.0.